The molecule has 1 N–H and O–H groups in total. The topological polar surface area (TPSA) is 73.2 Å². The number of hydrogen-bond donors (Lipinski definition) is 1. The summed E-state index contributed by atoms with van der Waals surface area (Å²) in [5, 5.41) is 6.76. The minimum Gasteiger partial charge on any atom is -0.495 e. The van der Waals surface area contributed by atoms with Gasteiger partial charge in [0.05, 0.1) is 12.8 Å². The Balaban J connectivity index is 2.30. The van der Waals surface area contributed by atoms with Crippen LogP contribution in [-0.2, 0) is 6.54 Å². The molecule has 21 heavy (non-hydrogen) atoms. The summed E-state index contributed by atoms with van der Waals surface area (Å²) >= 11 is 0. The van der Waals surface area contributed by atoms with Gasteiger partial charge < -0.3 is 10.1 Å². The van der Waals surface area contributed by atoms with E-state index in [0.29, 0.717) is 18.0 Å². The third-order valence-electron chi connectivity index (χ3n) is 3.00. The van der Waals surface area contributed by atoms with Crippen LogP contribution in [0.4, 0.5) is 5.69 Å². The highest BCUT2D eigenvalue weighted by molar-refractivity contribution is 6.03. The second kappa shape index (κ2) is 6.21. The van der Waals surface area contributed by atoms with Crippen LogP contribution in [0.2, 0.25) is 0 Å². The first-order chi connectivity index (χ1) is 10.0. The van der Waals surface area contributed by atoms with Crippen molar-refractivity contribution in [3.05, 3.63) is 51.9 Å². The minimum atomic E-state index is -0.388. The Hall–Kier alpha value is -2.63. The van der Waals surface area contributed by atoms with Gasteiger partial charge in [0.15, 0.2) is 0 Å². The molecule has 0 aliphatic rings. The average Bonchev–Trinajstić information content (AvgIpc) is 2.48. The zero-order chi connectivity index (χ0) is 15.4. The van der Waals surface area contributed by atoms with Crippen molar-refractivity contribution in [3.8, 4) is 5.75 Å². The van der Waals surface area contributed by atoms with Crippen LogP contribution < -0.4 is 15.6 Å². The van der Waals surface area contributed by atoms with Crippen molar-refractivity contribution >= 4 is 11.6 Å². The molecular weight excluding hydrogens is 270 g/mol. The maximum Gasteiger partial charge on any atom is 0.276 e. The molecule has 0 radical (unpaired) electrons. The fraction of sp³-hybridized carbons (Fsp3) is 0.267. The smallest absolute Gasteiger partial charge is 0.276 e. The number of rotatable bonds is 4. The van der Waals surface area contributed by atoms with E-state index in [0.717, 1.165) is 5.56 Å². The Morgan fingerprint density at radius 1 is 1.33 bits per heavy atom. The lowest BCUT2D eigenvalue weighted by Crippen LogP contribution is -2.25. The summed E-state index contributed by atoms with van der Waals surface area (Å²) in [5.74, 6) is 0.180. The van der Waals surface area contributed by atoms with Crippen molar-refractivity contribution in [1.29, 1.82) is 0 Å². The van der Waals surface area contributed by atoms with Crippen molar-refractivity contribution in [2.24, 2.45) is 0 Å². The monoisotopic (exact) mass is 287 g/mol. The number of benzene rings is 1. The normalized spacial score (nSPS) is 10.2. The molecule has 0 unspecified atom stereocenters. The SMILES string of the molecule is CCn1nc(C(=O)Nc2cc(C)ccc2OC)ccc1=O. The van der Waals surface area contributed by atoms with Gasteiger partial charge in [-0.3, -0.25) is 9.59 Å². The van der Waals surface area contributed by atoms with E-state index in [-0.39, 0.29) is 17.2 Å². The fourth-order valence-electron chi connectivity index (χ4n) is 1.90. The quantitative estimate of drug-likeness (QED) is 0.931. The largest absolute Gasteiger partial charge is 0.495 e. The summed E-state index contributed by atoms with van der Waals surface area (Å²) in [6.45, 7) is 4.12. The maximum atomic E-state index is 12.2. The van der Waals surface area contributed by atoms with Gasteiger partial charge in [-0.1, -0.05) is 6.07 Å². The van der Waals surface area contributed by atoms with Gasteiger partial charge in [0.25, 0.3) is 11.5 Å². The van der Waals surface area contributed by atoms with Crippen LogP contribution in [0.3, 0.4) is 0 Å². The zero-order valence-electron chi connectivity index (χ0n) is 12.2. The molecule has 1 amide bonds. The van der Waals surface area contributed by atoms with Gasteiger partial charge in [0.1, 0.15) is 11.4 Å². The summed E-state index contributed by atoms with van der Waals surface area (Å²) in [7, 11) is 1.54. The number of aryl methyl sites for hydroxylation is 2. The standard InChI is InChI=1S/C15H17N3O3/c1-4-18-14(19)8-6-11(17-18)15(20)16-12-9-10(2)5-7-13(12)21-3/h5-9H,4H2,1-3H3,(H,16,20). The van der Waals surface area contributed by atoms with Crippen LogP contribution in [0.15, 0.2) is 35.1 Å². The highest BCUT2D eigenvalue weighted by Crippen LogP contribution is 2.25. The van der Waals surface area contributed by atoms with Gasteiger partial charge in [-0.25, -0.2) is 4.68 Å². The molecule has 6 heteroatoms. The fourth-order valence-corrected chi connectivity index (χ4v) is 1.90. The van der Waals surface area contributed by atoms with E-state index >= 15 is 0 Å². The Labute approximate surface area is 122 Å². The molecule has 0 spiro atoms. The van der Waals surface area contributed by atoms with Gasteiger partial charge in [-0.2, -0.15) is 5.10 Å². The molecule has 0 aliphatic heterocycles. The predicted molar refractivity (Wildman–Crippen MR) is 79.9 cm³/mol. The first-order valence-electron chi connectivity index (χ1n) is 6.59. The summed E-state index contributed by atoms with van der Waals surface area (Å²) in [6.07, 6.45) is 0. The van der Waals surface area contributed by atoms with Crippen LogP contribution in [0.1, 0.15) is 23.0 Å². The molecule has 1 aromatic heterocycles. The molecule has 0 saturated heterocycles. The number of nitrogens with one attached hydrogen (secondary N) is 1. The number of methoxy groups -OCH3 is 1. The van der Waals surface area contributed by atoms with Gasteiger partial charge >= 0.3 is 0 Å². The van der Waals surface area contributed by atoms with Crippen molar-refractivity contribution < 1.29 is 9.53 Å². The van der Waals surface area contributed by atoms with Crippen LogP contribution in [0, 0.1) is 6.92 Å². The van der Waals surface area contributed by atoms with Crippen LogP contribution in [-0.4, -0.2) is 22.8 Å². The number of anilines is 1. The summed E-state index contributed by atoms with van der Waals surface area (Å²) < 4.78 is 6.45. The minimum absolute atomic E-state index is 0.181. The first-order valence-corrected chi connectivity index (χ1v) is 6.59. The second-order valence-corrected chi connectivity index (χ2v) is 4.53. The molecule has 0 aliphatic carbocycles. The third kappa shape index (κ3) is 3.28. The van der Waals surface area contributed by atoms with Gasteiger partial charge in [-0.15, -0.1) is 0 Å². The Morgan fingerprint density at radius 3 is 2.76 bits per heavy atom. The van der Waals surface area contributed by atoms with E-state index in [1.807, 2.05) is 19.1 Å². The number of nitrogens with zero attached hydrogens (tertiary/aromatic N) is 2. The Bertz CT molecular complexity index is 722. The van der Waals surface area contributed by atoms with E-state index in [1.54, 1.807) is 13.0 Å². The van der Waals surface area contributed by atoms with E-state index < -0.39 is 0 Å². The molecule has 0 fully saturated rings. The molecule has 0 atom stereocenters. The molecular formula is C15H17N3O3. The predicted octanol–water partition coefficient (Wildman–Crippen LogP) is 1.83. The third-order valence-corrected chi connectivity index (χ3v) is 3.00. The summed E-state index contributed by atoms with van der Waals surface area (Å²) in [4.78, 5) is 23.7. The number of amides is 1. The van der Waals surface area contributed by atoms with E-state index in [4.69, 9.17) is 4.74 Å². The lowest BCUT2D eigenvalue weighted by atomic mass is 10.2. The van der Waals surface area contributed by atoms with Crippen LogP contribution in [0.25, 0.3) is 0 Å². The molecule has 0 saturated carbocycles. The van der Waals surface area contributed by atoms with E-state index in [1.165, 1.54) is 23.9 Å². The molecule has 110 valence electrons. The molecule has 6 nitrogen and oxygen atoms in total. The summed E-state index contributed by atoms with van der Waals surface area (Å²) in [6, 6.07) is 8.23. The van der Waals surface area contributed by atoms with Crippen LogP contribution in [0.5, 0.6) is 5.75 Å². The number of carbonyl (C=O) groups is 1. The molecule has 2 aromatic rings. The number of hydrogen-bond acceptors (Lipinski definition) is 4. The molecule has 0 bridgehead atoms. The Morgan fingerprint density at radius 2 is 2.10 bits per heavy atom. The molecule has 1 aromatic carbocycles. The second-order valence-electron chi connectivity index (χ2n) is 4.53. The average molecular weight is 287 g/mol. The lowest BCUT2D eigenvalue weighted by Gasteiger charge is -2.11. The van der Waals surface area contributed by atoms with Gasteiger partial charge in [0.2, 0.25) is 0 Å². The van der Waals surface area contributed by atoms with Crippen molar-refractivity contribution in [2.45, 2.75) is 20.4 Å². The van der Waals surface area contributed by atoms with E-state index in [9.17, 15) is 9.59 Å². The zero-order valence-corrected chi connectivity index (χ0v) is 12.2. The van der Waals surface area contributed by atoms with Gasteiger partial charge in [-0.05, 0) is 37.6 Å². The highest BCUT2D eigenvalue weighted by atomic mass is 16.5. The number of carbonyl (C=O) groups excluding carboxylic acids is 1. The van der Waals surface area contributed by atoms with Crippen LogP contribution >= 0.6 is 0 Å². The summed E-state index contributed by atoms with van der Waals surface area (Å²) in [5.41, 5.74) is 1.51. The van der Waals surface area contributed by atoms with Crippen molar-refractivity contribution in [1.82, 2.24) is 9.78 Å². The molecule has 2 rings (SSSR count). The van der Waals surface area contributed by atoms with Crippen molar-refractivity contribution in [2.75, 3.05) is 12.4 Å². The van der Waals surface area contributed by atoms with Crippen molar-refractivity contribution in [3.63, 3.8) is 0 Å². The lowest BCUT2D eigenvalue weighted by molar-refractivity contribution is 0.101. The number of ether oxygens (including phenoxy) is 1. The maximum absolute atomic E-state index is 12.2. The number of aromatic nitrogens is 2. The Kier molecular flexibility index (Phi) is 4.37. The van der Waals surface area contributed by atoms with Gasteiger partial charge in [0, 0.05) is 12.6 Å². The van der Waals surface area contributed by atoms with E-state index in [2.05, 4.69) is 10.4 Å². The molecule has 1 heterocycles. The first kappa shape index (κ1) is 14.8. The highest BCUT2D eigenvalue weighted by Gasteiger charge is 2.12.